The summed E-state index contributed by atoms with van der Waals surface area (Å²) in [5.41, 5.74) is 10.1. The van der Waals surface area contributed by atoms with E-state index in [-0.39, 0.29) is 0 Å². The second-order valence-corrected chi connectivity index (χ2v) is 2.76. The molecule has 0 unspecified atom stereocenters. The minimum Gasteiger partial charge on any atom is -0.429 e. The first-order chi connectivity index (χ1) is 6.29. The van der Waals surface area contributed by atoms with Gasteiger partial charge in [0, 0.05) is 10.6 Å². The summed E-state index contributed by atoms with van der Waals surface area (Å²) in [6.45, 7) is 0. The fraction of sp³-hybridized carbons (Fsp3) is 0. The first-order valence-corrected chi connectivity index (χ1v) is 3.88. The fourth-order valence-electron chi connectivity index (χ4n) is 1.05. The van der Waals surface area contributed by atoms with Crippen LogP contribution in [0.5, 0.6) is 0 Å². The van der Waals surface area contributed by atoms with E-state index in [1.54, 1.807) is 18.2 Å². The van der Waals surface area contributed by atoms with Gasteiger partial charge in [-0.05, 0) is 29.9 Å². The summed E-state index contributed by atoms with van der Waals surface area (Å²) in [4.78, 5) is 5.82. The first kappa shape index (κ1) is 7.85. The van der Waals surface area contributed by atoms with E-state index < -0.39 is 0 Å². The summed E-state index contributed by atoms with van der Waals surface area (Å²) >= 11 is 4.80. The van der Waals surface area contributed by atoms with Crippen LogP contribution < -0.4 is 0 Å². The van der Waals surface area contributed by atoms with E-state index in [0.29, 0.717) is 16.1 Å². The Morgan fingerprint density at radius 1 is 1.54 bits per heavy atom. The van der Waals surface area contributed by atoms with Gasteiger partial charge < -0.3 is 9.40 Å². The summed E-state index contributed by atoms with van der Waals surface area (Å²) < 4.78 is 5.13. The maximum Gasteiger partial charge on any atom is 0.266 e. The Labute approximate surface area is 77.6 Å². The van der Waals surface area contributed by atoms with Gasteiger partial charge in [-0.1, -0.05) is 11.2 Å². The molecular weight excluding hydrogens is 188 g/mol. The maximum atomic E-state index is 8.20. The molecular formula is C7H4N4OS. The molecule has 0 aliphatic carbocycles. The van der Waals surface area contributed by atoms with Crippen molar-refractivity contribution in [2.75, 3.05) is 0 Å². The topological polar surface area (TPSA) is 77.7 Å². The zero-order valence-electron chi connectivity index (χ0n) is 6.39. The van der Waals surface area contributed by atoms with E-state index in [2.05, 4.69) is 15.0 Å². The lowest BCUT2D eigenvalue weighted by Gasteiger charge is -1.88. The van der Waals surface area contributed by atoms with E-state index in [9.17, 15) is 0 Å². The molecule has 0 aliphatic heterocycles. The highest BCUT2D eigenvalue weighted by molar-refractivity contribution is 7.71. The molecule has 1 aromatic heterocycles. The molecule has 0 amide bonds. The highest BCUT2D eigenvalue weighted by Crippen LogP contribution is 2.20. The lowest BCUT2D eigenvalue weighted by molar-refractivity contribution is 0.583. The van der Waals surface area contributed by atoms with Crippen molar-refractivity contribution >= 4 is 29.0 Å². The third kappa shape index (κ3) is 1.40. The number of benzene rings is 1. The molecule has 0 aliphatic rings. The van der Waals surface area contributed by atoms with Crippen LogP contribution in [0.3, 0.4) is 0 Å². The minimum absolute atomic E-state index is 0.313. The monoisotopic (exact) mass is 192 g/mol. The van der Waals surface area contributed by atoms with E-state index in [0.717, 1.165) is 5.52 Å². The molecule has 1 N–H and O–H groups in total. The molecule has 0 radical (unpaired) electrons. The molecule has 0 spiro atoms. The molecule has 6 heteroatoms. The van der Waals surface area contributed by atoms with Gasteiger partial charge in [0.15, 0.2) is 5.58 Å². The van der Waals surface area contributed by atoms with Crippen molar-refractivity contribution in [2.45, 2.75) is 0 Å². The number of oxazole rings is 1. The van der Waals surface area contributed by atoms with E-state index >= 15 is 0 Å². The van der Waals surface area contributed by atoms with Gasteiger partial charge in [-0.3, -0.25) is 0 Å². The SMILES string of the molecule is [N-]=[N+]=Nc1ccc2[nH]c(=S)oc2c1. The number of aromatic nitrogens is 1. The number of nitrogens with zero attached hydrogens (tertiary/aromatic N) is 3. The second kappa shape index (κ2) is 2.93. The Kier molecular flexibility index (Phi) is 1.77. The highest BCUT2D eigenvalue weighted by Gasteiger charge is 1.98. The molecule has 64 valence electrons. The lowest BCUT2D eigenvalue weighted by atomic mass is 10.3. The summed E-state index contributed by atoms with van der Waals surface area (Å²) in [6.07, 6.45) is 0. The number of rotatable bonds is 1. The van der Waals surface area contributed by atoms with Crippen LogP contribution in [0, 0.1) is 4.84 Å². The number of azide groups is 1. The molecule has 0 saturated heterocycles. The van der Waals surface area contributed by atoms with Crippen molar-refractivity contribution < 1.29 is 4.42 Å². The predicted molar refractivity (Wildman–Crippen MR) is 50.2 cm³/mol. The van der Waals surface area contributed by atoms with Crippen LogP contribution in [0.4, 0.5) is 5.69 Å². The number of hydrogen-bond donors (Lipinski definition) is 1. The Morgan fingerprint density at radius 2 is 2.38 bits per heavy atom. The van der Waals surface area contributed by atoms with Gasteiger partial charge in [-0.25, -0.2) is 0 Å². The average molecular weight is 192 g/mol. The molecule has 0 fully saturated rings. The maximum absolute atomic E-state index is 8.20. The quantitative estimate of drug-likeness (QED) is 0.325. The molecule has 0 atom stereocenters. The molecule has 5 nitrogen and oxygen atoms in total. The summed E-state index contributed by atoms with van der Waals surface area (Å²) in [7, 11) is 0. The van der Waals surface area contributed by atoms with Gasteiger partial charge in [0.25, 0.3) is 4.84 Å². The van der Waals surface area contributed by atoms with Crippen LogP contribution in [0.2, 0.25) is 0 Å². The Morgan fingerprint density at radius 3 is 3.15 bits per heavy atom. The molecule has 0 saturated carbocycles. The van der Waals surface area contributed by atoms with Gasteiger partial charge in [0.2, 0.25) is 0 Å². The van der Waals surface area contributed by atoms with Crippen molar-refractivity contribution in [1.82, 2.24) is 4.98 Å². The van der Waals surface area contributed by atoms with Gasteiger partial charge in [0.1, 0.15) is 0 Å². The van der Waals surface area contributed by atoms with Crippen molar-refractivity contribution in [3.63, 3.8) is 0 Å². The summed E-state index contributed by atoms with van der Waals surface area (Å²) in [5.74, 6) is 0. The van der Waals surface area contributed by atoms with Crippen LogP contribution in [0.25, 0.3) is 21.5 Å². The zero-order chi connectivity index (χ0) is 9.26. The molecule has 0 bridgehead atoms. The average Bonchev–Trinajstić information content (AvgIpc) is 2.44. The Hall–Kier alpha value is -1.78. The largest absolute Gasteiger partial charge is 0.429 e. The summed E-state index contributed by atoms with van der Waals surface area (Å²) in [6, 6.07) is 5.06. The number of H-pyrrole nitrogens is 1. The van der Waals surface area contributed by atoms with Gasteiger partial charge in [-0.15, -0.1) is 0 Å². The fourth-order valence-corrected chi connectivity index (χ4v) is 1.25. The van der Waals surface area contributed by atoms with Crippen LogP contribution in [-0.2, 0) is 0 Å². The third-order valence-corrected chi connectivity index (χ3v) is 1.75. The van der Waals surface area contributed by atoms with E-state index in [1.807, 2.05) is 0 Å². The van der Waals surface area contributed by atoms with Crippen LogP contribution in [0.1, 0.15) is 0 Å². The van der Waals surface area contributed by atoms with Crippen LogP contribution in [0.15, 0.2) is 27.7 Å². The van der Waals surface area contributed by atoms with Crippen LogP contribution in [-0.4, -0.2) is 4.98 Å². The third-order valence-electron chi connectivity index (χ3n) is 1.56. The van der Waals surface area contributed by atoms with Gasteiger partial charge in [-0.2, -0.15) is 0 Å². The molecule has 13 heavy (non-hydrogen) atoms. The predicted octanol–water partition coefficient (Wildman–Crippen LogP) is 3.43. The second-order valence-electron chi connectivity index (χ2n) is 2.38. The number of fused-ring (bicyclic) bond motifs is 1. The lowest BCUT2D eigenvalue weighted by Crippen LogP contribution is -1.65. The zero-order valence-corrected chi connectivity index (χ0v) is 7.21. The standard InChI is InChI=1S/C7H4N4OS/c8-11-10-4-1-2-5-6(3-4)12-7(13)9-5/h1-3H,(H,9,13). The highest BCUT2D eigenvalue weighted by atomic mass is 32.1. The Bertz CT molecular complexity index is 549. The summed E-state index contributed by atoms with van der Waals surface area (Å²) in [5, 5.41) is 3.44. The molecule has 1 heterocycles. The van der Waals surface area contributed by atoms with Crippen molar-refractivity contribution in [2.24, 2.45) is 5.11 Å². The normalized spacial score (nSPS) is 9.85. The number of hydrogen-bond acceptors (Lipinski definition) is 3. The van der Waals surface area contributed by atoms with Crippen molar-refractivity contribution in [3.05, 3.63) is 33.5 Å². The number of aromatic amines is 1. The van der Waals surface area contributed by atoms with Gasteiger partial charge >= 0.3 is 0 Å². The first-order valence-electron chi connectivity index (χ1n) is 3.47. The number of nitrogens with one attached hydrogen (secondary N) is 1. The van der Waals surface area contributed by atoms with E-state index in [1.165, 1.54) is 0 Å². The van der Waals surface area contributed by atoms with Crippen LogP contribution >= 0.6 is 12.2 Å². The Balaban J connectivity index is 2.74. The molecule has 2 aromatic rings. The molecule has 2 rings (SSSR count). The minimum atomic E-state index is 0.313. The van der Waals surface area contributed by atoms with Gasteiger partial charge in [0.05, 0.1) is 5.52 Å². The van der Waals surface area contributed by atoms with Crippen molar-refractivity contribution in [1.29, 1.82) is 0 Å². The smallest absolute Gasteiger partial charge is 0.266 e. The van der Waals surface area contributed by atoms with E-state index in [4.69, 9.17) is 22.2 Å². The molecule has 1 aromatic carbocycles. The van der Waals surface area contributed by atoms with Crippen molar-refractivity contribution in [3.8, 4) is 0 Å².